The number of nitrogens with zero attached hydrogens (tertiary/aromatic N) is 4. The van der Waals surface area contributed by atoms with Gasteiger partial charge in [-0.25, -0.2) is 4.68 Å². The number of aromatic nitrogens is 4. The molecule has 4 N–H and O–H groups in total. The Kier molecular flexibility index (Phi) is 5.83. The number of hydrogen-bond donors (Lipinski definition) is 3. The van der Waals surface area contributed by atoms with Crippen LogP contribution in [-0.4, -0.2) is 32.9 Å². The molecule has 0 fully saturated rings. The smallest absolute Gasteiger partial charge is 0.265 e. The summed E-state index contributed by atoms with van der Waals surface area (Å²) in [6.45, 7) is 3.75. The van der Waals surface area contributed by atoms with Gasteiger partial charge in [-0.2, -0.15) is 10.1 Å². The second-order valence-corrected chi connectivity index (χ2v) is 7.67. The average Bonchev–Trinajstić information content (AvgIpc) is 3.35. The highest BCUT2D eigenvalue weighted by atomic mass is 35.5. The summed E-state index contributed by atoms with van der Waals surface area (Å²) >= 11 is 6.13. The largest absolute Gasteiger partial charge is 0.383 e. The molecule has 0 saturated carbocycles. The minimum Gasteiger partial charge on any atom is -0.383 e. The zero-order valence-electron chi connectivity index (χ0n) is 17.8. The van der Waals surface area contributed by atoms with Gasteiger partial charge in [0.05, 0.1) is 0 Å². The summed E-state index contributed by atoms with van der Waals surface area (Å²) in [5, 5.41) is 14.8. The molecule has 0 aliphatic rings. The van der Waals surface area contributed by atoms with Crippen LogP contribution in [0.1, 0.15) is 11.1 Å². The van der Waals surface area contributed by atoms with Gasteiger partial charge in [0.25, 0.3) is 5.89 Å². The number of rotatable bonds is 6. The van der Waals surface area contributed by atoms with E-state index in [2.05, 4.69) is 25.9 Å². The summed E-state index contributed by atoms with van der Waals surface area (Å²) < 4.78 is 6.85. The molecular weight excluding hydrogens is 430 g/mol. The van der Waals surface area contributed by atoms with Crippen molar-refractivity contribution in [1.82, 2.24) is 19.9 Å². The molecular formula is C22H22ClN7O2. The predicted molar refractivity (Wildman–Crippen MR) is 124 cm³/mol. The Balaban J connectivity index is 1.59. The number of amides is 1. The summed E-state index contributed by atoms with van der Waals surface area (Å²) in [5.41, 5.74) is 10.1. The standard InChI is InChI=1S/C22H22ClN7O2/c1-12-6-4-5-7-15(12)20-27-22(32-29-20)18-19(24)30(28-21(18)25-3)11-17(31)26-14-9-8-13(2)16(23)10-14/h4-10H,11,24H2,1-3H3,(H,25,28)(H,26,31). The lowest BCUT2D eigenvalue weighted by atomic mass is 10.1. The van der Waals surface area contributed by atoms with Crippen LogP contribution < -0.4 is 16.4 Å². The van der Waals surface area contributed by atoms with Crippen LogP contribution in [0.4, 0.5) is 17.3 Å². The Bertz CT molecular complexity index is 1300. The van der Waals surface area contributed by atoms with Gasteiger partial charge in [0.2, 0.25) is 11.7 Å². The minimum atomic E-state index is -0.306. The molecule has 2 aromatic carbocycles. The first-order chi connectivity index (χ1) is 15.4. The lowest BCUT2D eigenvalue weighted by molar-refractivity contribution is -0.116. The quantitative estimate of drug-likeness (QED) is 0.402. The highest BCUT2D eigenvalue weighted by molar-refractivity contribution is 6.31. The fourth-order valence-corrected chi connectivity index (χ4v) is 3.43. The maximum Gasteiger partial charge on any atom is 0.265 e. The molecule has 164 valence electrons. The molecule has 2 heterocycles. The topological polar surface area (TPSA) is 124 Å². The van der Waals surface area contributed by atoms with Gasteiger partial charge in [0.15, 0.2) is 5.82 Å². The molecule has 0 bridgehead atoms. The van der Waals surface area contributed by atoms with Crippen LogP contribution in [0, 0.1) is 13.8 Å². The summed E-state index contributed by atoms with van der Waals surface area (Å²) in [6.07, 6.45) is 0. The number of aryl methyl sites for hydroxylation is 2. The molecule has 0 unspecified atom stereocenters. The Morgan fingerprint density at radius 1 is 1.19 bits per heavy atom. The summed E-state index contributed by atoms with van der Waals surface area (Å²) in [6, 6.07) is 13.0. The molecule has 32 heavy (non-hydrogen) atoms. The Labute approximate surface area is 189 Å². The maximum atomic E-state index is 12.6. The summed E-state index contributed by atoms with van der Waals surface area (Å²) in [7, 11) is 1.70. The maximum absolute atomic E-state index is 12.6. The Hall–Kier alpha value is -3.85. The first kappa shape index (κ1) is 21.4. The molecule has 0 atom stereocenters. The monoisotopic (exact) mass is 451 g/mol. The van der Waals surface area contributed by atoms with E-state index < -0.39 is 0 Å². The van der Waals surface area contributed by atoms with Crippen molar-refractivity contribution in [1.29, 1.82) is 0 Å². The van der Waals surface area contributed by atoms with Crippen molar-refractivity contribution in [2.45, 2.75) is 20.4 Å². The molecule has 0 spiro atoms. The van der Waals surface area contributed by atoms with E-state index in [1.54, 1.807) is 19.2 Å². The van der Waals surface area contributed by atoms with Gasteiger partial charge in [-0.3, -0.25) is 4.79 Å². The number of hydrogen-bond acceptors (Lipinski definition) is 7. The van der Waals surface area contributed by atoms with Crippen molar-refractivity contribution < 1.29 is 9.32 Å². The zero-order chi connectivity index (χ0) is 22.8. The third-order valence-corrected chi connectivity index (χ3v) is 5.41. The SMILES string of the molecule is CNc1nn(CC(=O)Nc2ccc(C)c(Cl)c2)c(N)c1-c1nc(-c2ccccc2C)no1. The number of anilines is 3. The van der Waals surface area contributed by atoms with Crippen molar-refractivity contribution in [3.63, 3.8) is 0 Å². The predicted octanol–water partition coefficient (Wildman–Crippen LogP) is 4.13. The van der Waals surface area contributed by atoms with Gasteiger partial charge >= 0.3 is 0 Å². The van der Waals surface area contributed by atoms with Crippen molar-refractivity contribution >= 4 is 34.8 Å². The zero-order valence-corrected chi connectivity index (χ0v) is 18.6. The van der Waals surface area contributed by atoms with Crippen molar-refractivity contribution in [2.24, 2.45) is 0 Å². The first-order valence-corrected chi connectivity index (χ1v) is 10.2. The summed E-state index contributed by atoms with van der Waals surface area (Å²) in [4.78, 5) is 17.1. The second kappa shape index (κ2) is 8.72. The van der Waals surface area contributed by atoms with Crippen LogP contribution in [-0.2, 0) is 11.3 Å². The third kappa shape index (κ3) is 4.15. The summed E-state index contributed by atoms with van der Waals surface area (Å²) in [5.74, 6) is 1.00. The second-order valence-electron chi connectivity index (χ2n) is 7.27. The normalized spacial score (nSPS) is 10.9. The van der Waals surface area contributed by atoms with E-state index >= 15 is 0 Å². The van der Waals surface area contributed by atoms with Gasteiger partial charge in [0.1, 0.15) is 17.9 Å². The lowest BCUT2D eigenvalue weighted by Crippen LogP contribution is -2.20. The lowest BCUT2D eigenvalue weighted by Gasteiger charge is -2.08. The highest BCUT2D eigenvalue weighted by Crippen LogP contribution is 2.33. The average molecular weight is 452 g/mol. The fraction of sp³-hybridized carbons (Fsp3) is 0.182. The molecule has 10 heteroatoms. The van der Waals surface area contributed by atoms with E-state index in [0.717, 1.165) is 16.7 Å². The van der Waals surface area contributed by atoms with Crippen LogP contribution in [0.3, 0.4) is 0 Å². The molecule has 9 nitrogen and oxygen atoms in total. The van der Waals surface area contributed by atoms with Crippen LogP contribution in [0.25, 0.3) is 22.8 Å². The molecule has 0 radical (unpaired) electrons. The third-order valence-electron chi connectivity index (χ3n) is 5.00. The van der Waals surface area contributed by atoms with Crippen molar-refractivity contribution in [3.05, 3.63) is 58.6 Å². The fourth-order valence-electron chi connectivity index (χ4n) is 3.25. The van der Waals surface area contributed by atoms with E-state index in [-0.39, 0.29) is 24.2 Å². The van der Waals surface area contributed by atoms with E-state index in [0.29, 0.717) is 27.9 Å². The van der Waals surface area contributed by atoms with Gasteiger partial charge < -0.3 is 20.9 Å². The van der Waals surface area contributed by atoms with Gasteiger partial charge in [-0.15, -0.1) is 0 Å². The van der Waals surface area contributed by atoms with Crippen LogP contribution in [0.5, 0.6) is 0 Å². The van der Waals surface area contributed by atoms with Crippen molar-refractivity contribution in [2.75, 3.05) is 23.4 Å². The van der Waals surface area contributed by atoms with Gasteiger partial charge in [-0.05, 0) is 37.1 Å². The number of carbonyl (C=O) groups excluding carboxylic acids is 1. The van der Waals surface area contributed by atoms with Crippen LogP contribution in [0.2, 0.25) is 5.02 Å². The molecule has 4 rings (SSSR count). The minimum absolute atomic E-state index is 0.106. The number of halogens is 1. The highest BCUT2D eigenvalue weighted by Gasteiger charge is 2.24. The number of nitrogen functional groups attached to an aromatic ring is 1. The van der Waals surface area contributed by atoms with Crippen LogP contribution >= 0.6 is 11.6 Å². The van der Waals surface area contributed by atoms with Crippen LogP contribution in [0.15, 0.2) is 47.0 Å². The first-order valence-electron chi connectivity index (χ1n) is 9.87. The molecule has 4 aromatic rings. The molecule has 0 aliphatic heterocycles. The molecule has 1 amide bonds. The molecule has 2 aromatic heterocycles. The number of carbonyl (C=O) groups is 1. The number of nitrogens with one attached hydrogen (secondary N) is 2. The molecule has 0 saturated heterocycles. The van der Waals surface area contributed by atoms with Gasteiger partial charge in [-0.1, -0.05) is 47.1 Å². The van der Waals surface area contributed by atoms with Crippen molar-refractivity contribution in [3.8, 4) is 22.8 Å². The Morgan fingerprint density at radius 3 is 2.69 bits per heavy atom. The van der Waals surface area contributed by atoms with Gasteiger partial charge in [0, 0.05) is 23.3 Å². The van der Waals surface area contributed by atoms with E-state index in [1.165, 1.54) is 4.68 Å². The number of nitrogens with two attached hydrogens (primary N) is 1. The van der Waals surface area contributed by atoms with E-state index in [1.807, 2.05) is 44.2 Å². The Morgan fingerprint density at radius 2 is 1.97 bits per heavy atom. The number of benzene rings is 2. The molecule has 0 aliphatic carbocycles. The van der Waals surface area contributed by atoms with E-state index in [4.69, 9.17) is 21.9 Å². The van der Waals surface area contributed by atoms with E-state index in [9.17, 15) is 4.79 Å².